The van der Waals surface area contributed by atoms with Crippen molar-refractivity contribution in [2.45, 2.75) is 278 Å². The molecule has 2 aromatic carbocycles. The summed E-state index contributed by atoms with van der Waals surface area (Å²) in [5, 5.41) is 11.0. The summed E-state index contributed by atoms with van der Waals surface area (Å²) in [5.74, 6) is 1.78. The van der Waals surface area contributed by atoms with Crippen LogP contribution in [0, 0.1) is 5.92 Å². The molecule has 5 heteroatoms. The van der Waals surface area contributed by atoms with Crippen LogP contribution >= 0.6 is 8.60 Å². The van der Waals surface area contributed by atoms with E-state index in [1.165, 1.54) is 217 Å². The fraction of sp³-hybridized carbons (Fsp3) is 0.786. The third kappa shape index (κ3) is 22.2. The van der Waals surface area contributed by atoms with Crippen molar-refractivity contribution < 1.29 is 19.4 Å². The molecule has 0 aromatic heterocycles. The van der Waals surface area contributed by atoms with Crippen LogP contribution in [0.1, 0.15) is 294 Å². The average Bonchev–Trinajstić information content (AvgIpc) is 3.24. The van der Waals surface area contributed by atoms with Crippen LogP contribution in [0.3, 0.4) is 0 Å². The Kier molecular flexibility index (Phi) is 31.6. The zero-order valence-corrected chi connectivity index (χ0v) is 42.1. The molecule has 352 valence electrons. The molecule has 4 nitrogen and oxygen atoms in total. The summed E-state index contributed by atoms with van der Waals surface area (Å²) in [4.78, 5) is 19.7. The Balaban J connectivity index is 2.17. The fourth-order valence-electron chi connectivity index (χ4n) is 10.2. The molecule has 0 radical (unpaired) electrons. The van der Waals surface area contributed by atoms with Crippen molar-refractivity contribution in [1.82, 2.24) is 0 Å². The summed E-state index contributed by atoms with van der Waals surface area (Å²) in [6, 6.07) is 13.0. The lowest BCUT2D eigenvalue weighted by Gasteiger charge is -2.43. The van der Waals surface area contributed by atoms with Gasteiger partial charge in [-0.1, -0.05) is 265 Å². The zero-order valence-electron chi connectivity index (χ0n) is 41.2. The Morgan fingerprint density at radius 2 is 0.787 bits per heavy atom. The van der Waals surface area contributed by atoms with Crippen LogP contribution in [0.2, 0.25) is 0 Å². The lowest BCUT2D eigenvalue weighted by Crippen LogP contribution is -2.37. The topological polar surface area (TPSA) is 69.9 Å². The molecule has 61 heavy (non-hydrogen) atoms. The Hall–Kier alpha value is -1.61. The number of rotatable bonds is 40. The fourth-order valence-corrected chi connectivity index (χ4v) is 10.6. The highest BCUT2D eigenvalue weighted by Gasteiger charge is 2.41. The Bertz CT molecular complexity index is 1310. The maximum absolute atomic E-state index is 11.0. The molecule has 1 unspecified atom stereocenters. The Morgan fingerprint density at radius 1 is 0.459 bits per heavy atom. The molecule has 0 amide bonds. The van der Waals surface area contributed by atoms with Crippen molar-refractivity contribution in [1.29, 1.82) is 0 Å². The largest absolute Gasteiger partial charge is 0.508 e. The molecular formula is C56H99O4P. The molecule has 2 aromatic rings. The van der Waals surface area contributed by atoms with Gasteiger partial charge in [-0.25, -0.2) is 0 Å². The summed E-state index contributed by atoms with van der Waals surface area (Å²) in [6.07, 6.45) is 44.7. The zero-order chi connectivity index (χ0) is 44.6. The second-order valence-electron chi connectivity index (χ2n) is 19.7. The summed E-state index contributed by atoms with van der Waals surface area (Å²) in [5.41, 5.74) is 4.39. The van der Waals surface area contributed by atoms with E-state index in [0.29, 0.717) is 17.4 Å². The van der Waals surface area contributed by atoms with Crippen molar-refractivity contribution in [3.8, 4) is 11.5 Å². The van der Waals surface area contributed by atoms with Crippen LogP contribution in [-0.4, -0.2) is 14.9 Å². The first-order valence-electron chi connectivity index (χ1n) is 26.5. The van der Waals surface area contributed by atoms with E-state index in [0.717, 1.165) is 17.5 Å². The molecule has 3 N–H and O–H groups in total. The SMILES string of the molecule is CCCCCCCCCCCCCCCCCC(CCCCCCCCCCCCCCCCC)C(CC)(c1ccc(O)c(C(C)C)c1)c1ccc(OP(O)O)c(C(C)C)c1. The smallest absolute Gasteiger partial charge is 0.391 e. The number of hydrogen-bond acceptors (Lipinski definition) is 4. The van der Waals surface area contributed by atoms with Gasteiger partial charge in [-0.15, -0.1) is 0 Å². The number of aromatic hydroxyl groups is 1. The molecule has 1 atom stereocenters. The lowest BCUT2D eigenvalue weighted by atomic mass is 9.60. The highest BCUT2D eigenvalue weighted by atomic mass is 31.2. The van der Waals surface area contributed by atoms with E-state index in [1.807, 2.05) is 12.1 Å². The van der Waals surface area contributed by atoms with Gasteiger partial charge in [0.2, 0.25) is 0 Å². The lowest BCUT2D eigenvalue weighted by molar-refractivity contribution is 0.256. The van der Waals surface area contributed by atoms with Gasteiger partial charge in [0.05, 0.1) is 0 Å². The van der Waals surface area contributed by atoms with E-state index in [-0.39, 0.29) is 17.3 Å². The number of benzene rings is 2. The van der Waals surface area contributed by atoms with Crippen LogP contribution < -0.4 is 4.52 Å². The van der Waals surface area contributed by atoms with Crippen molar-refractivity contribution in [2.75, 3.05) is 0 Å². The van der Waals surface area contributed by atoms with Gasteiger partial charge in [0.1, 0.15) is 11.5 Å². The van der Waals surface area contributed by atoms with Gasteiger partial charge in [-0.2, -0.15) is 0 Å². The van der Waals surface area contributed by atoms with E-state index >= 15 is 0 Å². The second kappa shape index (κ2) is 34.8. The van der Waals surface area contributed by atoms with E-state index in [1.54, 1.807) is 0 Å². The van der Waals surface area contributed by atoms with Gasteiger partial charge >= 0.3 is 8.60 Å². The summed E-state index contributed by atoms with van der Waals surface area (Å²) in [6.45, 7) is 15.7. The van der Waals surface area contributed by atoms with Crippen molar-refractivity contribution in [3.05, 3.63) is 58.7 Å². The molecule has 0 saturated heterocycles. The minimum absolute atomic E-state index is 0.162. The number of hydrogen-bond donors (Lipinski definition) is 3. The molecule has 0 bridgehead atoms. The predicted octanol–water partition coefficient (Wildman–Crippen LogP) is 19.1. The quantitative estimate of drug-likeness (QED) is 0.0461. The Morgan fingerprint density at radius 3 is 1.11 bits per heavy atom. The van der Waals surface area contributed by atoms with Crippen molar-refractivity contribution >= 4 is 8.60 Å². The number of phenolic OH excluding ortho intramolecular Hbond substituents is 1. The molecule has 0 aliphatic heterocycles. The first-order chi connectivity index (χ1) is 29.6. The molecule has 0 aliphatic carbocycles. The molecule has 0 aliphatic rings. The highest BCUT2D eigenvalue weighted by molar-refractivity contribution is 7.39. The molecule has 2 rings (SSSR count). The number of phenols is 1. The summed E-state index contributed by atoms with van der Waals surface area (Å²) >= 11 is 0. The highest BCUT2D eigenvalue weighted by Crippen LogP contribution is 2.50. The normalized spacial score (nSPS) is 13.0. The van der Waals surface area contributed by atoms with Crippen LogP contribution in [0.25, 0.3) is 0 Å². The van der Waals surface area contributed by atoms with Gasteiger partial charge in [-0.3, -0.25) is 0 Å². The van der Waals surface area contributed by atoms with Crippen LogP contribution in [0.5, 0.6) is 11.5 Å². The van der Waals surface area contributed by atoms with E-state index in [4.69, 9.17) is 4.52 Å². The monoisotopic (exact) mass is 867 g/mol. The van der Waals surface area contributed by atoms with E-state index in [9.17, 15) is 14.9 Å². The first-order valence-corrected chi connectivity index (χ1v) is 27.6. The third-order valence-electron chi connectivity index (χ3n) is 14.1. The predicted molar refractivity (Wildman–Crippen MR) is 268 cm³/mol. The maximum atomic E-state index is 11.0. The Labute approximate surface area is 380 Å². The van der Waals surface area contributed by atoms with Crippen molar-refractivity contribution in [2.24, 2.45) is 5.92 Å². The van der Waals surface area contributed by atoms with E-state index in [2.05, 4.69) is 72.7 Å². The third-order valence-corrected chi connectivity index (χ3v) is 14.4. The molecule has 0 saturated carbocycles. The van der Waals surface area contributed by atoms with Crippen molar-refractivity contribution in [3.63, 3.8) is 0 Å². The van der Waals surface area contributed by atoms with E-state index < -0.39 is 8.60 Å². The first kappa shape index (κ1) is 55.5. The van der Waals surface area contributed by atoms with Crippen LogP contribution in [0.15, 0.2) is 36.4 Å². The molecule has 0 fully saturated rings. The van der Waals surface area contributed by atoms with Crippen LogP contribution in [0.4, 0.5) is 0 Å². The summed E-state index contributed by atoms with van der Waals surface area (Å²) in [7, 11) is -2.50. The minimum Gasteiger partial charge on any atom is -0.508 e. The molecule has 0 spiro atoms. The van der Waals surface area contributed by atoms with Gasteiger partial charge in [-0.05, 0) is 71.4 Å². The van der Waals surface area contributed by atoms with Gasteiger partial charge in [0, 0.05) is 5.41 Å². The van der Waals surface area contributed by atoms with Crippen LogP contribution in [-0.2, 0) is 5.41 Å². The van der Waals surface area contributed by atoms with Gasteiger partial charge in [0.15, 0.2) is 0 Å². The molecule has 0 heterocycles. The maximum Gasteiger partial charge on any atom is 0.391 e. The number of unbranched alkanes of at least 4 members (excludes halogenated alkanes) is 28. The average molecular weight is 867 g/mol. The van der Waals surface area contributed by atoms with Gasteiger partial charge in [0.25, 0.3) is 0 Å². The summed E-state index contributed by atoms with van der Waals surface area (Å²) < 4.78 is 5.60. The minimum atomic E-state index is -2.50. The molecular weight excluding hydrogens is 768 g/mol. The standard InChI is InChI=1S/C56H99O4P/c1-8-11-13-15-17-19-21-23-25-27-29-31-33-35-37-39-49(40-38-36-34-32-30-28-26-24-22-20-18-16-14-12-9-2)56(10-3,50-41-43-54(57)52(45-50)47(4)5)51-42-44-55(60-61(58)59)53(46-51)48(6)7/h41-49,57-59H,8-40H2,1-7H3. The van der Waals surface area contributed by atoms with Gasteiger partial charge < -0.3 is 19.4 Å². The second-order valence-corrected chi connectivity index (χ2v) is 20.4.